The molecule has 0 radical (unpaired) electrons. The molecule has 1 aliphatic heterocycles. The number of aryl methyl sites for hydroxylation is 4. The molecule has 0 bridgehead atoms. The summed E-state index contributed by atoms with van der Waals surface area (Å²) in [6, 6.07) is 11.2. The fourth-order valence-electron chi connectivity index (χ4n) is 4.25. The summed E-state index contributed by atoms with van der Waals surface area (Å²) >= 11 is 0. The fraction of sp³-hybridized carbons (Fsp3) is 0.409. The van der Waals surface area contributed by atoms with E-state index in [9.17, 15) is 0 Å². The topological polar surface area (TPSA) is 29.9 Å². The second-order valence-corrected chi connectivity index (χ2v) is 7.44. The Balaban J connectivity index is 1.68. The Morgan fingerprint density at radius 2 is 2.08 bits per heavy atom. The fourth-order valence-corrected chi connectivity index (χ4v) is 4.25. The van der Waals surface area contributed by atoms with Gasteiger partial charge in [-0.1, -0.05) is 17.7 Å². The molecule has 3 heterocycles. The van der Waals surface area contributed by atoms with Crippen LogP contribution in [0.5, 0.6) is 0 Å². The Morgan fingerprint density at radius 1 is 1.20 bits per heavy atom. The zero-order valence-electron chi connectivity index (χ0n) is 15.5. The molecule has 1 unspecified atom stereocenters. The van der Waals surface area contributed by atoms with Crippen LogP contribution in [0, 0.1) is 13.8 Å². The van der Waals surface area contributed by atoms with Crippen molar-refractivity contribution in [2.75, 3.05) is 13.1 Å². The van der Waals surface area contributed by atoms with E-state index in [0.717, 1.165) is 38.0 Å². The van der Waals surface area contributed by atoms with Gasteiger partial charge in [-0.2, -0.15) is 0 Å². The van der Waals surface area contributed by atoms with Gasteiger partial charge in [0.05, 0.1) is 0 Å². The predicted molar refractivity (Wildman–Crippen MR) is 104 cm³/mol. The first-order valence-electron chi connectivity index (χ1n) is 9.33. The van der Waals surface area contributed by atoms with Crippen LogP contribution in [-0.2, 0) is 19.9 Å². The Labute approximate surface area is 150 Å². The molecule has 0 saturated heterocycles. The number of fused-ring (bicyclic) bond motifs is 3. The highest BCUT2D eigenvalue weighted by Crippen LogP contribution is 2.34. The lowest BCUT2D eigenvalue weighted by Gasteiger charge is -2.18. The number of rotatable bonds is 3. The Morgan fingerprint density at radius 3 is 2.88 bits per heavy atom. The molecule has 3 aromatic rings. The lowest BCUT2D eigenvalue weighted by Crippen LogP contribution is -2.22. The molecule has 0 saturated carbocycles. The summed E-state index contributed by atoms with van der Waals surface area (Å²) < 4.78 is 2.44. The number of pyridine rings is 1. The lowest BCUT2D eigenvalue weighted by molar-refractivity contribution is 0.549. The second kappa shape index (κ2) is 6.64. The van der Waals surface area contributed by atoms with Crippen molar-refractivity contribution in [2.24, 2.45) is 7.05 Å². The molecule has 3 nitrogen and oxygen atoms in total. The van der Waals surface area contributed by atoms with E-state index in [1.807, 2.05) is 13.1 Å². The van der Waals surface area contributed by atoms with E-state index in [2.05, 4.69) is 59.2 Å². The molecular formula is C22H27N3. The summed E-state index contributed by atoms with van der Waals surface area (Å²) in [7, 11) is 2.24. The third-order valence-corrected chi connectivity index (χ3v) is 5.59. The number of nitrogens with one attached hydrogen (secondary N) is 1. The van der Waals surface area contributed by atoms with Gasteiger partial charge >= 0.3 is 0 Å². The van der Waals surface area contributed by atoms with Crippen LogP contribution < -0.4 is 5.32 Å². The van der Waals surface area contributed by atoms with Crippen LogP contribution in [0.25, 0.3) is 10.9 Å². The molecule has 0 spiro atoms. The SMILES string of the molecule is Cc1ccc2c(c1)c1c(n2C)C(CCc2ccc(C)nc2)CNCC1. The van der Waals surface area contributed by atoms with E-state index in [1.54, 1.807) is 5.56 Å². The van der Waals surface area contributed by atoms with E-state index in [1.165, 1.54) is 27.7 Å². The Bertz CT molecular complexity index is 890. The highest BCUT2D eigenvalue weighted by molar-refractivity contribution is 5.86. The number of hydrogen-bond acceptors (Lipinski definition) is 2. The van der Waals surface area contributed by atoms with Crippen molar-refractivity contribution in [3.05, 3.63) is 64.6 Å². The van der Waals surface area contributed by atoms with Gasteiger partial charge in [0, 0.05) is 48.0 Å². The first-order valence-corrected chi connectivity index (χ1v) is 9.33. The highest BCUT2D eigenvalue weighted by atomic mass is 15.0. The van der Waals surface area contributed by atoms with Crippen molar-refractivity contribution < 1.29 is 0 Å². The summed E-state index contributed by atoms with van der Waals surface area (Å²) in [6.45, 7) is 6.37. The molecule has 1 aromatic carbocycles. The minimum Gasteiger partial charge on any atom is -0.347 e. The van der Waals surface area contributed by atoms with E-state index in [-0.39, 0.29) is 0 Å². The van der Waals surface area contributed by atoms with Crippen molar-refractivity contribution in [1.29, 1.82) is 0 Å². The van der Waals surface area contributed by atoms with Crippen LogP contribution in [-0.4, -0.2) is 22.6 Å². The number of aromatic nitrogens is 2. The predicted octanol–water partition coefficient (Wildman–Crippen LogP) is 4.05. The molecule has 25 heavy (non-hydrogen) atoms. The maximum absolute atomic E-state index is 4.45. The normalized spacial score (nSPS) is 17.5. The van der Waals surface area contributed by atoms with Gasteiger partial charge in [0.1, 0.15) is 0 Å². The van der Waals surface area contributed by atoms with Gasteiger partial charge in [-0.3, -0.25) is 4.98 Å². The van der Waals surface area contributed by atoms with Crippen LogP contribution in [0.15, 0.2) is 36.5 Å². The quantitative estimate of drug-likeness (QED) is 0.783. The molecule has 1 N–H and O–H groups in total. The smallest absolute Gasteiger partial charge is 0.0483 e. The number of benzene rings is 1. The summed E-state index contributed by atoms with van der Waals surface area (Å²) in [5.74, 6) is 0.552. The Kier molecular flexibility index (Phi) is 4.34. The van der Waals surface area contributed by atoms with E-state index in [4.69, 9.17) is 0 Å². The molecule has 1 atom stereocenters. The molecule has 3 heteroatoms. The summed E-state index contributed by atoms with van der Waals surface area (Å²) in [6.07, 6.45) is 5.40. The monoisotopic (exact) mass is 333 g/mol. The molecule has 130 valence electrons. The van der Waals surface area contributed by atoms with Gasteiger partial charge in [0.15, 0.2) is 0 Å². The van der Waals surface area contributed by atoms with Gasteiger partial charge < -0.3 is 9.88 Å². The molecule has 4 rings (SSSR count). The molecule has 0 fully saturated rings. The van der Waals surface area contributed by atoms with Crippen molar-refractivity contribution in [3.63, 3.8) is 0 Å². The molecule has 2 aromatic heterocycles. The van der Waals surface area contributed by atoms with Gasteiger partial charge in [0.25, 0.3) is 0 Å². The third-order valence-electron chi connectivity index (χ3n) is 5.59. The standard InChI is InChI=1S/C22H27N3/c1-15-4-9-21-20(12-15)19-10-11-23-14-18(22(19)25(21)3)8-7-17-6-5-16(2)24-13-17/h4-6,9,12-13,18,23H,7-8,10-11,14H2,1-3H3. The van der Waals surface area contributed by atoms with Crippen molar-refractivity contribution >= 4 is 10.9 Å². The summed E-state index contributed by atoms with van der Waals surface area (Å²) in [5, 5.41) is 5.10. The zero-order valence-corrected chi connectivity index (χ0v) is 15.5. The van der Waals surface area contributed by atoms with Gasteiger partial charge in [-0.15, -0.1) is 0 Å². The van der Waals surface area contributed by atoms with Crippen molar-refractivity contribution in [3.8, 4) is 0 Å². The maximum atomic E-state index is 4.45. The largest absolute Gasteiger partial charge is 0.347 e. The number of nitrogens with zero attached hydrogens (tertiary/aromatic N) is 2. The van der Waals surface area contributed by atoms with Crippen LogP contribution in [0.3, 0.4) is 0 Å². The van der Waals surface area contributed by atoms with E-state index >= 15 is 0 Å². The molecular weight excluding hydrogens is 306 g/mol. The first kappa shape index (κ1) is 16.3. The average molecular weight is 333 g/mol. The molecule has 0 amide bonds. The lowest BCUT2D eigenvalue weighted by atomic mass is 9.93. The van der Waals surface area contributed by atoms with Gasteiger partial charge in [-0.05, 0) is 69.0 Å². The summed E-state index contributed by atoms with van der Waals surface area (Å²) in [5.41, 5.74) is 8.24. The third kappa shape index (κ3) is 3.09. The van der Waals surface area contributed by atoms with Crippen molar-refractivity contribution in [1.82, 2.24) is 14.9 Å². The van der Waals surface area contributed by atoms with Gasteiger partial charge in [-0.25, -0.2) is 0 Å². The minimum absolute atomic E-state index is 0.552. The molecule has 0 aliphatic carbocycles. The van der Waals surface area contributed by atoms with Crippen molar-refractivity contribution in [2.45, 2.75) is 39.0 Å². The van der Waals surface area contributed by atoms with Crippen LogP contribution in [0.4, 0.5) is 0 Å². The summed E-state index contributed by atoms with van der Waals surface area (Å²) in [4.78, 5) is 4.45. The van der Waals surface area contributed by atoms with Crippen LogP contribution in [0.2, 0.25) is 0 Å². The zero-order chi connectivity index (χ0) is 17.4. The van der Waals surface area contributed by atoms with Gasteiger partial charge in [0.2, 0.25) is 0 Å². The first-order chi connectivity index (χ1) is 12.1. The Hall–Kier alpha value is -2.13. The van der Waals surface area contributed by atoms with E-state index < -0.39 is 0 Å². The second-order valence-electron chi connectivity index (χ2n) is 7.44. The average Bonchev–Trinajstić information content (AvgIpc) is 2.76. The highest BCUT2D eigenvalue weighted by Gasteiger charge is 2.24. The minimum atomic E-state index is 0.552. The maximum Gasteiger partial charge on any atom is 0.0483 e. The van der Waals surface area contributed by atoms with Crippen LogP contribution in [0.1, 0.15) is 40.4 Å². The van der Waals surface area contributed by atoms with E-state index in [0.29, 0.717) is 5.92 Å². The molecule has 1 aliphatic rings. The number of hydrogen-bond donors (Lipinski definition) is 1. The van der Waals surface area contributed by atoms with Crippen LogP contribution >= 0.6 is 0 Å².